The molecule has 0 saturated heterocycles. The summed E-state index contributed by atoms with van der Waals surface area (Å²) in [6, 6.07) is 8.20. The summed E-state index contributed by atoms with van der Waals surface area (Å²) in [6.07, 6.45) is 1.32. The normalized spacial score (nSPS) is 10.6. The average molecular weight is 399 g/mol. The fourth-order valence-electron chi connectivity index (χ4n) is 3.17. The van der Waals surface area contributed by atoms with Gasteiger partial charge in [-0.05, 0) is 24.3 Å². The summed E-state index contributed by atoms with van der Waals surface area (Å²) in [5, 5.41) is 10.2. The molecule has 3 rings (SSSR count). The third-order valence-corrected chi connectivity index (χ3v) is 4.66. The Morgan fingerprint density at radius 2 is 1.52 bits per heavy atom. The molecule has 8 nitrogen and oxygen atoms in total. The Balaban J connectivity index is 2.23. The van der Waals surface area contributed by atoms with Crippen LogP contribution in [0.5, 0.6) is 23.0 Å². The molecule has 152 valence electrons. The van der Waals surface area contributed by atoms with Crippen LogP contribution in [0.25, 0.3) is 10.8 Å². The zero-order chi connectivity index (χ0) is 21.1. The smallest absolute Gasteiger partial charge is 0.337 e. The number of methoxy groups -OCH3 is 4. The molecule has 0 spiro atoms. The zero-order valence-electron chi connectivity index (χ0n) is 16.5. The van der Waals surface area contributed by atoms with E-state index in [-0.39, 0.29) is 28.4 Å². The van der Waals surface area contributed by atoms with Crippen LogP contribution < -0.4 is 24.5 Å². The number of rotatable bonds is 7. The molecule has 0 fully saturated rings. The summed E-state index contributed by atoms with van der Waals surface area (Å²) in [4.78, 5) is 25.0. The highest BCUT2D eigenvalue weighted by molar-refractivity contribution is 6.04. The molecule has 2 aromatic carbocycles. The molecule has 0 saturated carbocycles. The molecule has 8 heteroatoms. The van der Waals surface area contributed by atoms with E-state index in [0.717, 1.165) is 0 Å². The molecule has 0 amide bonds. The highest BCUT2D eigenvalue weighted by Gasteiger charge is 2.18. The monoisotopic (exact) mass is 399 g/mol. The number of ether oxygens (including phenoxy) is 4. The number of benzene rings is 2. The fraction of sp³-hybridized carbons (Fsp3) is 0.238. The first-order chi connectivity index (χ1) is 13.9. The largest absolute Gasteiger partial charge is 0.497 e. The second-order valence-electron chi connectivity index (χ2n) is 6.21. The van der Waals surface area contributed by atoms with Gasteiger partial charge in [-0.2, -0.15) is 0 Å². The summed E-state index contributed by atoms with van der Waals surface area (Å²) in [6.45, 7) is 0.122. The number of fused-ring (bicyclic) bond motifs is 1. The highest BCUT2D eigenvalue weighted by Crippen LogP contribution is 2.32. The van der Waals surface area contributed by atoms with Crippen LogP contribution in [0.3, 0.4) is 0 Å². The van der Waals surface area contributed by atoms with E-state index in [1.54, 1.807) is 25.3 Å². The molecular weight excluding hydrogens is 378 g/mol. The van der Waals surface area contributed by atoms with Gasteiger partial charge >= 0.3 is 5.97 Å². The number of aromatic carboxylic acids is 1. The Bertz CT molecular complexity index is 1130. The van der Waals surface area contributed by atoms with Gasteiger partial charge in [-0.3, -0.25) is 4.79 Å². The van der Waals surface area contributed by atoms with E-state index in [1.807, 2.05) is 0 Å². The van der Waals surface area contributed by atoms with Gasteiger partial charge in [-0.25, -0.2) is 4.79 Å². The molecule has 1 N–H and O–H groups in total. The number of nitrogens with zero attached hydrogens (tertiary/aromatic N) is 1. The topological polar surface area (TPSA) is 96.2 Å². The predicted octanol–water partition coefficient (Wildman–Crippen LogP) is 2.78. The van der Waals surface area contributed by atoms with Gasteiger partial charge in [0.15, 0.2) is 11.5 Å². The SMILES string of the molecule is COc1ccc(Cn2cc(C(=O)O)c3cc(OC)c(OC)cc3c2=O)c(OC)c1. The van der Waals surface area contributed by atoms with Crippen LogP contribution >= 0.6 is 0 Å². The van der Waals surface area contributed by atoms with Crippen LogP contribution in [0.15, 0.2) is 41.3 Å². The summed E-state index contributed by atoms with van der Waals surface area (Å²) in [7, 11) is 5.96. The van der Waals surface area contributed by atoms with Crippen molar-refractivity contribution in [2.75, 3.05) is 28.4 Å². The minimum atomic E-state index is -1.15. The standard InChI is InChI=1S/C21H21NO7/c1-26-13-6-5-12(17(7-13)27-2)10-22-11-16(21(24)25)14-8-18(28-3)19(29-4)9-15(14)20(22)23/h5-9,11H,10H2,1-4H3,(H,24,25). The van der Waals surface area contributed by atoms with E-state index < -0.39 is 5.97 Å². The number of pyridine rings is 1. The van der Waals surface area contributed by atoms with Crippen LogP contribution in [-0.2, 0) is 6.54 Å². The van der Waals surface area contributed by atoms with Crippen molar-refractivity contribution >= 4 is 16.7 Å². The molecule has 29 heavy (non-hydrogen) atoms. The molecule has 0 aliphatic rings. The average Bonchev–Trinajstić information content (AvgIpc) is 2.74. The van der Waals surface area contributed by atoms with Gasteiger partial charge in [-0.1, -0.05) is 0 Å². The van der Waals surface area contributed by atoms with Crippen LogP contribution in [0.2, 0.25) is 0 Å². The second kappa shape index (κ2) is 8.14. The number of carboxylic acid groups (broad SMARTS) is 1. The van der Waals surface area contributed by atoms with Crippen LogP contribution in [0.1, 0.15) is 15.9 Å². The van der Waals surface area contributed by atoms with Crippen LogP contribution in [0.4, 0.5) is 0 Å². The van der Waals surface area contributed by atoms with E-state index >= 15 is 0 Å². The molecule has 0 aliphatic carbocycles. The van der Waals surface area contributed by atoms with Crippen molar-refractivity contribution in [3.63, 3.8) is 0 Å². The van der Waals surface area contributed by atoms with Crippen molar-refractivity contribution in [2.24, 2.45) is 0 Å². The first-order valence-corrected chi connectivity index (χ1v) is 8.66. The number of aromatic nitrogens is 1. The summed E-state index contributed by atoms with van der Waals surface area (Å²) >= 11 is 0. The van der Waals surface area contributed by atoms with Crippen LogP contribution in [0, 0.1) is 0 Å². The van der Waals surface area contributed by atoms with E-state index in [1.165, 1.54) is 44.2 Å². The molecule has 3 aromatic rings. The van der Waals surface area contributed by atoms with Gasteiger partial charge < -0.3 is 28.6 Å². The van der Waals surface area contributed by atoms with Crippen molar-refractivity contribution in [3.05, 3.63) is 58.0 Å². The Kier molecular flexibility index (Phi) is 5.63. The minimum Gasteiger partial charge on any atom is -0.497 e. The number of carboxylic acids is 1. The van der Waals surface area contributed by atoms with Gasteiger partial charge in [0.05, 0.1) is 45.9 Å². The zero-order valence-corrected chi connectivity index (χ0v) is 16.5. The van der Waals surface area contributed by atoms with E-state index in [2.05, 4.69) is 0 Å². The van der Waals surface area contributed by atoms with E-state index in [9.17, 15) is 14.7 Å². The molecule has 0 unspecified atom stereocenters. The lowest BCUT2D eigenvalue weighted by Gasteiger charge is -2.15. The van der Waals surface area contributed by atoms with E-state index in [0.29, 0.717) is 28.6 Å². The third-order valence-electron chi connectivity index (χ3n) is 4.66. The molecule has 0 bridgehead atoms. The van der Waals surface area contributed by atoms with Crippen molar-refractivity contribution in [1.29, 1.82) is 0 Å². The Morgan fingerprint density at radius 3 is 2.07 bits per heavy atom. The van der Waals surface area contributed by atoms with Crippen molar-refractivity contribution < 1.29 is 28.8 Å². The fourth-order valence-corrected chi connectivity index (χ4v) is 3.17. The predicted molar refractivity (Wildman–Crippen MR) is 107 cm³/mol. The summed E-state index contributed by atoms with van der Waals surface area (Å²) < 4.78 is 22.4. The lowest BCUT2D eigenvalue weighted by Crippen LogP contribution is -2.23. The third kappa shape index (κ3) is 3.69. The summed E-state index contributed by atoms with van der Waals surface area (Å²) in [5.74, 6) is 0.669. The first-order valence-electron chi connectivity index (χ1n) is 8.66. The lowest BCUT2D eigenvalue weighted by atomic mass is 10.1. The molecular formula is C21H21NO7. The van der Waals surface area contributed by atoms with Crippen molar-refractivity contribution in [1.82, 2.24) is 4.57 Å². The molecule has 0 radical (unpaired) electrons. The highest BCUT2D eigenvalue weighted by atomic mass is 16.5. The van der Waals surface area contributed by atoms with Gasteiger partial charge in [0, 0.05) is 23.2 Å². The minimum absolute atomic E-state index is 0.0203. The maximum atomic E-state index is 13.1. The van der Waals surface area contributed by atoms with Crippen molar-refractivity contribution in [3.8, 4) is 23.0 Å². The number of hydrogen-bond donors (Lipinski definition) is 1. The Labute approximate surface area is 166 Å². The Hall–Kier alpha value is -3.68. The summed E-state index contributed by atoms with van der Waals surface area (Å²) in [5.41, 5.74) is 0.323. The van der Waals surface area contributed by atoms with Crippen LogP contribution in [-0.4, -0.2) is 44.1 Å². The lowest BCUT2D eigenvalue weighted by molar-refractivity contribution is 0.0698. The maximum Gasteiger partial charge on any atom is 0.337 e. The Morgan fingerprint density at radius 1 is 0.897 bits per heavy atom. The van der Waals surface area contributed by atoms with Gasteiger partial charge in [-0.15, -0.1) is 0 Å². The van der Waals surface area contributed by atoms with Gasteiger partial charge in [0.1, 0.15) is 11.5 Å². The number of carbonyl (C=O) groups is 1. The molecule has 1 heterocycles. The maximum absolute atomic E-state index is 13.1. The van der Waals surface area contributed by atoms with E-state index in [4.69, 9.17) is 18.9 Å². The first kappa shape index (κ1) is 20.1. The number of hydrogen-bond acceptors (Lipinski definition) is 6. The van der Waals surface area contributed by atoms with Crippen molar-refractivity contribution in [2.45, 2.75) is 6.54 Å². The molecule has 1 aromatic heterocycles. The molecule has 0 atom stereocenters. The quantitative estimate of drug-likeness (QED) is 0.653. The van der Waals surface area contributed by atoms with Gasteiger partial charge in [0.25, 0.3) is 5.56 Å². The van der Waals surface area contributed by atoms with Gasteiger partial charge in [0.2, 0.25) is 0 Å². The molecule has 0 aliphatic heterocycles. The second-order valence-corrected chi connectivity index (χ2v) is 6.21.